The maximum absolute atomic E-state index is 12.5. The van der Waals surface area contributed by atoms with E-state index in [4.69, 9.17) is 9.72 Å². The summed E-state index contributed by atoms with van der Waals surface area (Å²) in [4.78, 5) is 24.5. The molecule has 1 aromatic carbocycles. The van der Waals surface area contributed by atoms with E-state index in [1.807, 2.05) is 24.3 Å². The Morgan fingerprint density at radius 3 is 2.52 bits per heavy atom. The molecule has 29 heavy (non-hydrogen) atoms. The van der Waals surface area contributed by atoms with E-state index in [9.17, 15) is 9.90 Å². The summed E-state index contributed by atoms with van der Waals surface area (Å²) in [7, 11) is 1.76. The van der Waals surface area contributed by atoms with E-state index in [1.54, 1.807) is 31.7 Å². The predicted octanol–water partition coefficient (Wildman–Crippen LogP) is 3.22. The normalized spacial score (nSPS) is 20.3. The van der Waals surface area contributed by atoms with Crippen molar-refractivity contribution in [3.63, 3.8) is 0 Å². The highest BCUT2D eigenvalue weighted by Crippen LogP contribution is 2.28. The van der Waals surface area contributed by atoms with Crippen molar-refractivity contribution in [3.8, 4) is 11.3 Å². The minimum atomic E-state index is -0.892. The Morgan fingerprint density at radius 1 is 1.21 bits per heavy atom. The van der Waals surface area contributed by atoms with Crippen LogP contribution in [0.5, 0.6) is 0 Å². The Bertz CT molecular complexity index is 1040. The van der Waals surface area contributed by atoms with Crippen LogP contribution in [-0.2, 0) is 16.9 Å². The molecule has 0 unspecified atom stereocenters. The summed E-state index contributed by atoms with van der Waals surface area (Å²) < 4.78 is 7.17. The number of benzene rings is 1. The van der Waals surface area contributed by atoms with Crippen molar-refractivity contribution in [1.82, 2.24) is 19.5 Å². The highest BCUT2D eigenvalue weighted by atomic mass is 16.5. The average molecular weight is 396 g/mol. The lowest BCUT2D eigenvalue weighted by atomic mass is 9.87. The second-order valence-corrected chi connectivity index (χ2v) is 8.48. The van der Waals surface area contributed by atoms with Gasteiger partial charge < -0.3 is 9.84 Å². The highest BCUT2D eigenvalue weighted by molar-refractivity contribution is 5.70. The van der Waals surface area contributed by atoms with E-state index >= 15 is 0 Å². The molecule has 3 aromatic rings. The molecule has 1 saturated carbocycles. The maximum atomic E-state index is 12.5. The van der Waals surface area contributed by atoms with Gasteiger partial charge in [0.25, 0.3) is 0 Å². The van der Waals surface area contributed by atoms with Crippen LogP contribution in [0.2, 0.25) is 0 Å². The summed E-state index contributed by atoms with van der Waals surface area (Å²) in [5.74, 6) is 0.439. The molecule has 4 rings (SSSR count). The van der Waals surface area contributed by atoms with Gasteiger partial charge in [0.2, 0.25) is 0 Å². The number of ether oxygens (including phenoxy) is 1. The molecule has 7 heteroatoms. The van der Waals surface area contributed by atoms with Crippen LogP contribution in [0.4, 0.5) is 0 Å². The van der Waals surface area contributed by atoms with Gasteiger partial charge in [0.05, 0.1) is 23.6 Å². The van der Waals surface area contributed by atoms with E-state index in [1.165, 1.54) is 0 Å². The van der Waals surface area contributed by atoms with Crippen LogP contribution in [0.15, 0.2) is 35.3 Å². The van der Waals surface area contributed by atoms with Gasteiger partial charge in [-0.2, -0.15) is 0 Å². The fourth-order valence-corrected chi connectivity index (χ4v) is 4.09. The zero-order valence-electron chi connectivity index (χ0n) is 17.2. The quantitative estimate of drug-likeness (QED) is 0.691. The lowest BCUT2D eigenvalue weighted by molar-refractivity contribution is 0.0542. The molecule has 2 heterocycles. The number of H-pyrrole nitrogens is 1. The van der Waals surface area contributed by atoms with E-state index in [-0.39, 0.29) is 5.69 Å². The molecule has 0 saturated heterocycles. The van der Waals surface area contributed by atoms with Gasteiger partial charge in [0.1, 0.15) is 0 Å². The van der Waals surface area contributed by atoms with Crippen LogP contribution in [0.25, 0.3) is 22.6 Å². The van der Waals surface area contributed by atoms with Crippen molar-refractivity contribution in [2.75, 3.05) is 7.11 Å². The Balaban J connectivity index is 1.62. The Kier molecular flexibility index (Phi) is 5.27. The number of aromatic amines is 1. The second kappa shape index (κ2) is 7.72. The molecule has 0 atom stereocenters. The highest BCUT2D eigenvalue weighted by Gasteiger charge is 2.23. The number of rotatable bonds is 5. The summed E-state index contributed by atoms with van der Waals surface area (Å²) in [6, 6.07) is 7.62. The van der Waals surface area contributed by atoms with E-state index in [0.717, 1.165) is 36.8 Å². The number of methoxy groups -OCH3 is 1. The zero-order valence-corrected chi connectivity index (χ0v) is 17.2. The third-order valence-corrected chi connectivity index (χ3v) is 5.94. The molecule has 0 amide bonds. The number of fused-ring (bicyclic) bond motifs is 1. The van der Waals surface area contributed by atoms with Crippen LogP contribution in [-0.4, -0.2) is 37.8 Å². The van der Waals surface area contributed by atoms with Crippen molar-refractivity contribution in [2.45, 2.75) is 57.8 Å². The molecule has 0 bridgehead atoms. The molecule has 1 aliphatic rings. The van der Waals surface area contributed by atoms with Crippen LogP contribution < -0.4 is 5.69 Å². The first-order valence-corrected chi connectivity index (χ1v) is 10.2. The van der Waals surface area contributed by atoms with Gasteiger partial charge in [-0.1, -0.05) is 24.3 Å². The third kappa shape index (κ3) is 4.11. The van der Waals surface area contributed by atoms with Gasteiger partial charge in [-0.15, -0.1) is 0 Å². The number of hydrogen-bond acceptors (Lipinski definition) is 5. The SMILES string of the molecule is COC1CCC(Cn2c(=O)[nH]c3ncc(-c4ccc(C(C)(C)O)cc4)nc32)CC1. The van der Waals surface area contributed by atoms with Crippen molar-refractivity contribution >= 4 is 11.3 Å². The monoisotopic (exact) mass is 396 g/mol. The maximum Gasteiger partial charge on any atom is 0.328 e. The standard InChI is InChI=1S/C22H28N4O3/c1-22(2,28)16-8-6-15(7-9-16)18-12-23-19-20(24-18)26(21(27)25-19)13-14-4-10-17(29-3)11-5-14/h6-9,12,14,17,28H,4-5,10-11,13H2,1-3H3,(H,23,25,27). The number of imidazole rings is 1. The molecule has 0 radical (unpaired) electrons. The summed E-state index contributed by atoms with van der Waals surface area (Å²) in [5, 5.41) is 10.1. The Morgan fingerprint density at radius 2 is 1.90 bits per heavy atom. The van der Waals surface area contributed by atoms with Crippen LogP contribution in [0, 0.1) is 5.92 Å². The van der Waals surface area contributed by atoms with Gasteiger partial charge in [-0.25, -0.2) is 14.8 Å². The molecule has 1 aliphatic carbocycles. The number of nitrogens with one attached hydrogen (secondary N) is 1. The van der Waals surface area contributed by atoms with Crippen molar-refractivity contribution in [2.24, 2.45) is 5.92 Å². The first-order chi connectivity index (χ1) is 13.8. The van der Waals surface area contributed by atoms with Crippen molar-refractivity contribution < 1.29 is 9.84 Å². The molecule has 0 spiro atoms. The lowest BCUT2D eigenvalue weighted by Crippen LogP contribution is -2.27. The first-order valence-electron chi connectivity index (χ1n) is 10.2. The number of hydrogen-bond donors (Lipinski definition) is 2. The lowest BCUT2D eigenvalue weighted by Gasteiger charge is -2.27. The predicted molar refractivity (Wildman–Crippen MR) is 112 cm³/mol. The average Bonchev–Trinajstić information content (AvgIpc) is 3.02. The van der Waals surface area contributed by atoms with Crippen LogP contribution in [0.3, 0.4) is 0 Å². The van der Waals surface area contributed by atoms with Gasteiger partial charge in [-0.05, 0) is 51.0 Å². The Labute approximate surface area is 169 Å². The molecule has 0 aliphatic heterocycles. The van der Waals surface area contributed by atoms with Crippen molar-refractivity contribution in [3.05, 3.63) is 46.5 Å². The molecular formula is C22H28N4O3. The molecule has 7 nitrogen and oxygen atoms in total. The first kappa shape index (κ1) is 19.8. The summed E-state index contributed by atoms with van der Waals surface area (Å²) in [6.45, 7) is 4.16. The summed E-state index contributed by atoms with van der Waals surface area (Å²) in [6.07, 6.45) is 6.16. The van der Waals surface area contributed by atoms with E-state index in [0.29, 0.717) is 35.6 Å². The second-order valence-electron chi connectivity index (χ2n) is 8.48. The minimum absolute atomic E-state index is 0.164. The van der Waals surface area contributed by atoms with Gasteiger partial charge in [0, 0.05) is 19.2 Å². The smallest absolute Gasteiger partial charge is 0.328 e. The fourth-order valence-electron chi connectivity index (χ4n) is 4.09. The van der Waals surface area contributed by atoms with Gasteiger partial charge in [-0.3, -0.25) is 9.55 Å². The molecule has 2 N–H and O–H groups in total. The topological polar surface area (TPSA) is 93.0 Å². The van der Waals surface area contributed by atoms with Gasteiger partial charge >= 0.3 is 5.69 Å². The van der Waals surface area contributed by atoms with Crippen LogP contribution >= 0.6 is 0 Å². The van der Waals surface area contributed by atoms with E-state index < -0.39 is 5.60 Å². The number of nitrogens with zero attached hydrogens (tertiary/aromatic N) is 3. The fraction of sp³-hybridized carbons (Fsp3) is 0.500. The number of aliphatic hydroxyl groups is 1. The summed E-state index contributed by atoms with van der Waals surface area (Å²) >= 11 is 0. The molecule has 1 fully saturated rings. The Hall–Kier alpha value is -2.51. The molecule has 154 valence electrons. The third-order valence-electron chi connectivity index (χ3n) is 5.94. The van der Waals surface area contributed by atoms with Crippen LogP contribution in [0.1, 0.15) is 45.1 Å². The minimum Gasteiger partial charge on any atom is -0.386 e. The van der Waals surface area contributed by atoms with Crippen molar-refractivity contribution in [1.29, 1.82) is 0 Å². The zero-order chi connectivity index (χ0) is 20.6. The number of aromatic nitrogens is 4. The molecular weight excluding hydrogens is 368 g/mol. The molecule has 2 aromatic heterocycles. The largest absolute Gasteiger partial charge is 0.386 e. The van der Waals surface area contributed by atoms with Gasteiger partial charge in [0.15, 0.2) is 11.3 Å². The van der Waals surface area contributed by atoms with E-state index in [2.05, 4.69) is 9.97 Å². The summed E-state index contributed by atoms with van der Waals surface area (Å²) in [5.41, 5.74) is 2.48.